The first-order valence-electron chi connectivity index (χ1n) is 12.9. The molecule has 2 aromatic carbocycles. The van der Waals surface area contributed by atoms with Gasteiger partial charge in [-0.25, -0.2) is 0 Å². The third kappa shape index (κ3) is 6.68. The van der Waals surface area contributed by atoms with Crippen molar-refractivity contribution in [2.24, 2.45) is 11.7 Å². The number of benzene rings is 2. The first-order valence-corrected chi connectivity index (χ1v) is 12.9. The number of amides is 1. The predicted octanol–water partition coefficient (Wildman–Crippen LogP) is 5.12. The highest BCUT2D eigenvalue weighted by atomic mass is 16.1. The number of hydrogen-bond donors (Lipinski definition) is 2. The van der Waals surface area contributed by atoms with Crippen LogP contribution in [0.15, 0.2) is 60.7 Å². The number of hydrogen-bond acceptors (Lipinski definition) is 3. The van der Waals surface area contributed by atoms with Crippen LogP contribution in [0.3, 0.4) is 0 Å². The van der Waals surface area contributed by atoms with E-state index in [9.17, 15) is 4.79 Å². The molecule has 0 radical (unpaired) electrons. The van der Waals surface area contributed by atoms with E-state index in [1.807, 2.05) is 36.4 Å². The molecule has 1 amide bonds. The van der Waals surface area contributed by atoms with Gasteiger partial charge in [0.15, 0.2) is 0 Å². The lowest BCUT2D eigenvalue weighted by atomic mass is 9.64. The molecule has 1 aliphatic rings. The van der Waals surface area contributed by atoms with Gasteiger partial charge >= 0.3 is 0 Å². The summed E-state index contributed by atoms with van der Waals surface area (Å²) in [5.41, 5.74) is 7.46. The zero-order chi connectivity index (χ0) is 23.5. The summed E-state index contributed by atoms with van der Waals surface area (Å²) in [6, 6.07) is 20.9. The number of rotatable bonds is 14. The quantitative estimate of drug-likeness (QED) is 0.394. The molecular weight excluding hydrogens is 406 g/mol. The number of carbonyl (C=O) groups is 1. The van der Waals surface area contributed by atoms with Crippen LogP contribution in [0.5, 0.6) is 0 Å². The molecule has 3 rings (SSSR count). The molecule has 4 nitrogen and oxygen atoms in total. The molecule has 1 heterocycles. The average molecular weight is 450 g/mol. The number of nitrogens with two attached hydrogens (primary N) is 1. The molecule has 0 aliphatic carbocycles. The molecule has 0 unspecified atom stereocenters. The first kappa shape index (κ1) is 25.5. The van der Waals surface area contributed by atoms with E-state index in [0.717, 1.165) is 43.7 Å². The monoisotopic (exact) mass is 449 g/mol. The van der Waals surface area contributed by atoms with Gasteiger partial charge in [-0.3, -0.25) is 4.79 Å². The zero-order valence-corrected chi connectivity index (χ0v) is 20.6. The van der Waals surface area contributed by atoms with Crippen molar-refractivity contribution in [1.82, 2.24) is 10.2 Å². The third-order valence-electron chi connectivity index (χ3n) is 7.19. The Hall–Kier alpha value is -2.17. The van der Waals surface area contributed by atoms with Crippen LogP contribution in [0, 0.1) is 5.92 Å². The van der Waals surface area contributed by atoms with Gasteiger partial charge in [0.2, 0.25) is 5.91 Å². The largest absolute Gasteiger partial charge is 0.369 e. The number of nitrogens with zero attached hydrogens (tertiary/aromatic N) is 1. The Balaban J connectivity index is 1.55. The van der Waals surface area contributed by atoms with Crippen molar-refractivity contribution < 1.29 is 4.79 Å². The maximum absolute atomic E-state index is 13.2. The van der Waals surface area contributed by atoms with Gasteiger partial charge in [0.25, 0.3) is 0 Å². The van der Waals surface area contributed by atoms with Crippen LogP contribution in [-0.4, -0.2) is 43.0 Å². The molecule has 1 aliphatic heterocycles. The molecule has 3 N–H and O–H groups in total. The van der Waals surface area contributed by atoms with E-state index in [-0.39, 0.29) is 11.8 Å². The van der Waals surface area contributed by atoms with Gasteiger partial charge in [-0.15, -0.1) is 0 Å². The van der Waals surface area contributed by atoms with E-state index in [2.05, 4.69) is 48.3 Å². The van der Waals surface area contributed by atoms with E-state index in [1.54, 1.807) is 0 Å². The number of unbranched alkanes of at least 4 members (excludes halogenated alkanes) is 5. The molecular formula is C29H43N3O. The number of likely N-dealkylation sites (tertiary alicyclic amines) is 1. The summed E-state index contributed by atoms with van der Waals surface area (Å²) in [5.74, 6) is -0.0491. The highest BCUT2D eigenvalue weighted by Gasteiger charge is 2.49. The van der Waals surface area contributed by atoms with Crippen LogP contribution < -0.4 is 11.1 Å². The van der Waals surface area contributed by atoms with Crippen LogP contribution in [-0.2, 0) is 10.2 Å². The first-order chi connectivity index (χ1) is 16.0. The fraction of sp³-hybridized carbons (Fsp3) is 0.552. The van der Waals surface area contributed by atoms with E-state index < -0.39 is 5.41 Å². The summed E-state index contributed by atoms with van der Waals surface area (Å²) >= 11 is 0. The van der Waals surface area contributed by atoms with Crippen molar-refractivity contribution in [2.75, 3.05) is 26.2 Å². The van der Waals surface area contributed by atoms with Crippen molar-refractivity contribution in [3.05, 3.63) is 71.8 Å². The van der Waals surface area contributed by atoms with Crippen LogP contribution in [0.4, 0.5) is 0 Å². The Labute approximate surface area is 200 Å². The van der Waals surface area contributed by atoms with E-state index in [0.29, 0.717) is 6.04 Å². The van der Waals surface area contributed by atoms with Crippen molar-refractivity contribution in [1.29, 1.82) is 0 Å². The minimum absolute atomic E-state index is 0.188. The molecule has 0 bridgehead atoms. The van der Waals surface area contributed by atoms with Crippen LogP contribution in [0.1, 0.15) is 69.9 Å². The molecule has 4 heteroatoms. The van der Waals surface area contributed by atoms with Crippen LogP contribution in [0.2, 0.25) is 0 Å². The second-order valence-electron chi connectivity index (χ2n) is 9.92. The summed E-state index contributed by atoms with van der Waals surface area (Å²) in [5, 5.41) is 3.49. The number of carbonyl (C=O) groups excluding carboxylic acids is 1. The SMILES string of the molecule is CC(C)NCCCCCCCCN1CC[C@H](C(C(N)=O)(c2ccccc2)c2ccccc2)C1. The van der Waals surface area contributed by atoms with Crippen molar-refractivity contribution in [3.8, 4) is 0 Å². The molecule has 0 spiro atoms. The van der Waals surface area contributed by atoms with Gasteiger partial charge in [0, 0.05) is 12.6 Å². The molecule has 1 atom stereocenters. The third-order valence-corrected chi connectivity index (χ3v) is 7.19. The molecule has 180 valence electrons. The lowest BCUT2D eigenvalue weighted by Crippen LogP contribution is -2.49. The molecule has 1 saturated heterocycles. The smallest absolute Gasteiger partial charge is 0.232 e. The Morgan fingerprint density at radius 2 is 1.48 bits per heavy atom. The Kier molecular flexibility index (Phi) is 9.95. The maximum Gasteiger partial charge on any atom is 0.232 e. The summed E-state index contributed by atoms with van der Waals surface area (Å²) in [6.07, 6.45) is 8.76. The van der Waals surface area contributed by atoms with Gasteiger partial charge in [0.05, 0.1) is 0 Å². The molecule has 1 fully saturated rings. The summed E-state index contributed by atoms with van der Waals surface area (Å²) in [6.45, 7) is 8.63. The van der Waals surface area contributed by atoms with Crippen LogP contribution in [0.25, 0.3) is 0 Å². The van der Waals surface area contributed by atoms with Gasteiger partial charge in [-0.2, -0.15) is 0 Å². The van der Waals surface area contributed by atoms with Gasteiger partial charge in [-0.1, -0.05) is 100 Å². The Morgan fingerprint density at radius 3 is 2.03 bits per heavy atom. The molecule has 2 aromatic rings. The summed E-state index contributed by atoms with van der Waals surface area (Å²) in [4.78, 5) is 15.7. The lowest BCUT2D eigenvalue weighted by Gasteiger charge is -2.37. The fourth-order valence-corrected chi connectivity index (χ4v) is 5.47. The average Bonchev–Trinajstić information content (AvgIpc) is 3.28. The number of nitrogens with one attached hydrogen (secondary N) is 1. The number of primary amides is 1. The van der Waals surface area contributed by atoms with Crippen molar-refractivity contribution >= 4 is 5.91 Å². The van der Waals surface area contributed by atoms with Crippen LogP contribution >= 0.6 is 0 Å². The maximum atomic E-state index is 13.2. The highest BCUT2D eigenvalue weighted by Crippen LogP contribution is 2.43. The van der Waals surface area contributed by atoms with Gasteiger partial charge in [-0.05, 0) is 55.9 Å². The molecule has 0 aromatic heterocycles. The van der Waals surface area contributed by atoms with E-state index >= 15 is 0 Å². The molecule has 33 heavy (non-hydrogen) atoms. The Morgan fingerprint density at radius 1 is 0.939 bits per heavy atom. The topological polar surface area (TPSA) is 58.4 Å². The second kappa shape index (κ2) is 12.9. The molecule has 0 saturated carbocycles. The van der Waals surface area contributed by atoms with Gasteiger partial charge < -0.3 is 16.0 Å². The fourth-order valence-electron chi connectivity index (χ4n) is 5.47. The minimum atomic E-state index is -0.776. The van der Waals surface area contributed by atoms with E-state index in [4.69, 9.17) is 5.73 Å². The summed E-state index contributed by atoms with van der Waals surface area (Å²) < 4.78 is 0. The van der Waals surface area contributed by atoms with Crippen molar-refractivity contribution in [3.63, 3.8) is 0 Å². The van der Waals surface area contributed by atoms with Gasteiger partial charge in [0.1, 0.15) is 5.41 Å². The summed E-state index contributed by atoms with van der Waals surface area (Å²) in [7, 11) is 0. The second-order valence-corrected chi connectivity index (χ2v) is 9.92. The van der Waals surface area contributed by atoms with E-state index in [1.165, 1.54) is 38.5 Å². The minimum Gasteiger partial charge on any atom is -0.369 e. The normalized spacial score (nSPS) is 17.0. The highest BCUT2D eigenvalue weighted by molar-refractivity contribution is 5.91. The lowest BCUT2D eigenvalue weighted by molar-refractivity contribution is -0.123. The van der Waals surface area contributed by atoms with Crippen molar-refractivity contribution in [2.45, 2.75) is 70.3 Å². The standard InChI is InChI=1S/C29H43N3O/c1-24(2)31-20-13-5-3-4-6-14-21-32-22-19-27(23-32)29(28(30)33,25-15-9-7-10-16-25)26-17-11-8-12-18-26/h7-12,15-18,24,27,31H,3-6,13-14,19-23H2,1-2H3,(H2,30,33)/t27-/m0/s1. The zero-order valence-electron chi connectivity index (χ0n) is 20.6. The Bertz CT molecular complexity index is 782. The predicted molar refractivity (Wildman–Crippen MR) is 138 cm³/mol.